The van der Waals surface area contributed by atoms with Crippen molar-refractivity contribution in [2.45, 2.75) is 32.2 Å². The maximum atomic E-state index is 13.2. The number of hydrogen-bond acceptors (Lipinski definition) is 4. The minimum atomic E-state index is -4.53. The van der Waals surface area contributed by atoms with E-state index in [4.69, 9.17) is 4.74 Å². The Morgan fingerprint density at radius 1 is 1.16 bits per heavy atom. The van der Waals surface area contributed by atoms with Gasteiger partial charge in [0.25, 0.3) is 5.91 Å². The number of alkyl halides is 3. The summed E-state index contributed by atoms with van der Waals surface area (Å²) < 4.78 is 44.9. The van der Waals surface area contributed by atoms with Crippen molar-refractivity contribution in [3.8, 4) is 0 Å². The second-order valence-corrected chi connectivity index (χ2v) is 7.67. The van der Waals surface area contributed by atoms with Gasteiger partial charge < -0.3 is 4.74 Å². The summed E-state index contributed by atoms with van der Waals surface area (Å²) in [5.41, 5.74) is 0.438. The lowest BCUT2D eigenvalue weighted by atomic mass is 9.98. The molecule has 1 aliphatic heterocycles. The molecule has 2 heterocycles. The van der Waals surface area contributed by atoms with Crippen molar-refractivity contribution in [2.24, 2.45) is 0 Å². The van der Waals surface area contributed by atoms with E-state index in [9.17, 15) is 22.8 Å². The molecule has 2 atom stereocenters. The largest absolute Gasteiger partial charge is 0.439 e. The predicted octanol–water partition coefficient (Wildman–Crippen LogP) is 5.68. The first kappa shape index (κ1) is 21.5. The Bertz CT molecular complexity index is 1230. The second-order valence-electron chi connectivity index (χ2n) is 7.67. The number of cyclic esters (lactones) is 1. The third-order valence-corrected chi connectivity index (χ3v) is 5.37. The number of benzene rings is 2. The minimum absolute atomic E-state index is 0.190. The molecule has 0 aliphatic carbocycles. The summed E-state index contributed by atoms with van der Waals surface area (Å²) >= 11 is 0. The highest BCUT2D eigenvalue weighted by atomic mass is 19.4. The van der Waals surface area contributed by atoms with Gasteiger partial charge in [-0.25, -0.2) is 9.69 Å². The van der Waals surface area contributed by atoms with Gasteiger partial charge in [-0.05, 0) is 43.0 Å². The number of halogens is 3. The average Bonchev–Trinajstić information content (AvgIpc) is 3.05. The van der Waals surface area contributed by atoms with Crippen molar-refractivity contribution in [3.63, 3.8) is 0 Å². The van der Waals surface area contributed by atoms with E-state index < -0.39 is 35.9 Å². The zero-order valence-corrected chi connectivity index (χ0v) is 17.3. The molecule has 1 aromatic heterocycles. The topological polar surface area (TPSA) is 59.5 Å². The molecule has 0 spiro atoms. The van der Waals surface area contributed by atoms with Crippen LogP contribution in [0.5, 0.6) is 0 Å². The van der Waals surface area contributed by atoms with Crippen LogP contribution in [0.1, 0.15) is 35.3 Å². The molecule has 4 rings (SSSR count). The number of carbonyl (C=O) groups is 2. The number of rotatable bonds is 3. The molecule has 0 N–H and O–H groups in total. The summed E-state index contributed by atoms with van der Waals surface area (Å²) in [6.07, 6.45) is -0.330. The Hall–Kier alpha value is -3.68. The van der Waals surface area contributed by atoms with Gasteiger partial charge in [-0.2, -0.15) is 13.2 Å². The summed E-state index contributed by atoms with van der Waals surface area (Å²) in [5.74, 6) is -0.623. The van der Waals surface area contributed by atoms with E-state index >= 15 is 0 Å². The van der Waals surface area contributed by atoms with E-state index in [1.165, 1.54) is 19.1 Å². The normalized spacial score (nSPS) is 19.0. The zero-order valence-electron chi connectivity index (χ0n) is 17.3. The highest BCUT2D eigenvalue weighted by molar-refractivity contribution is 6.03. The van der Waals surface area contributed by atoms with Crippen LogP contribution < -0.4 is 0 Å². The number of imide groups is 1. The van der Waals surface area contributed by atoms with Crippen LogP contribution in [0.2, 0.25) is 0 Å². The van der Waals surface area contributed by atoms with Crippen molar-refractivity contribution in [1.82, 2.24) is 9.88 Å². The van der Waals surface area contributed by atoms with Crippen molar-refractivity contribution in [3.05, 3.63) is 83.2 Å². The van der Waals surface area contributed by atoms with Crippen LogP contribution in [-0.4, -0.2) is 27.9 Å². The van der Waals surface area contributed by atoms with Crippen molar-refractivity contribution >= 4 is 28.8 Å². The lowest BCUT2D eigenvalue weighted by Gasteiger charge is -2.19. The van der Waals surface area contributed by atoms with Gasteiger partial charge in [0.15, 0.2) is 0 Å². The predicted molar refractivity (Wildman–Crippen MR) is 112 cm³/mol. The molecule has 0 bridgehead atoms. The molecule has 0 saturated carbocycles. The number of fused-ring (bicyclic) bond motifs is 1. The molecule has 3 aromatic rings. The van der Waals surface area contributed by atoms with Crippen LogP contribution in [0.3, 0.4) is 0 Å². The first-order chi connectivity index (χ1) is 15.1. The molecular formula is C24H19F3N2O3. The summed E-state index contributed by atoms with van der Waals surface area (Å²) in [6.45, 7) is 3.10. The number of carbonyl (C=O) groups excluding carboxylic acids is 2. The van der Waals surface area contributed by atoms with Crippen molar-refractivity contribution < 1.29 is 27.5 Å². The van der Waals surface area contributed by atoms with Gasteiger partial charge >= 0.3 is 12.3 Å². The molecule has 8 heteroatoms. The molecule has 2 amide bonds. The molecule has 164 valence electrons. The first-order valence-corrected chi connectivity index (χ1v) is 9.88. The van der Waals surface area contributed by atoms with Crippen LogP contribution in [0, 0.1) is 6.92 Å². The standard InChI is InChI=1S/C24H19F3N2O3/c1-14-9-18(11-19(10-14)24(25,26)27)22-15(2)29(23(31)32-22)21(30)8-7-17-13-28-12-16-5-3-4-6-20(16)17/h3-13,15,22H,1-2H3/b8-7+/t15-,22-/m0/s1. The summed E-state index contributed by atoms with van der Waals surface area (Å²) in [7, 11) is 0. The van der Waals surface area contributed by atoms with Crippen LogP contribution >= 0.6 is 0 Å². The third kappa shape index (κ3) is 4.08. The van der Waals surface area contributed by atoms with E-state index in [0.29, 0.717) is 11.1 Å². The molecular weight excluding hydrogens is 421 g/mol. The van der Waals surface area contributed by atoms with Gasteiger partial charge in [0.05, 0.1) is 11.6 Å². The van der Waals surface area contributed by atoms with Gasteiger partial charge in [0, 0.05) is 29.4 Å². The van der Waals surface area contributed by atoms with E-state index in [2.05, 4.69) is 4.98 Å². The Morgan fingerprint density at radius 2 is 1.91 bits per heavy atom. The molecule has 1 fully saturated rings. The van der Waals surface area contributed by atoms with Gasteiger partial charge in [-0.1, -0.05) is 35.9 Å². The number of amides is 2. The number of pyridine rings is 1. The Labute approximate surface area is 182 Å². The van der Waals surface area contributed by atoms with Crippen molar-refractivity contribution in [1.29, 1.82) is 0 Å². The van der Waals surface area contributed by atoms with Gasteiger partial charge in [0.2, 0.25) is 0 Å². The summed E-state index contributed by atoms with van der Waals surface area (Å²) in [4.78, 5) is 30.3. The lowest BCUT2D eigenvalue weighted by Crippen LogP contribution is -2.36. The fraction of sp³-hybridized carbons (Fsp3) is 0.208. The van der Waals surface area contributed by atoms with Gasteiger partial charge in [-0.3, -0.25) is 9.78 Å². The van der Waals surface area contributed by atoms with E-state index in [1.807, 2.05) is 24.3 Å². The fourth-order valence-corrected chi connectivity index (χ4v) is 3.86. The second kappa shape index (κ2) is 8.11. The fourth-order valence-electron chi connectivity index (χ4n) is 3.86. The lowest BCUT2D eigenvalue weighted by molar-refractivity contribution is -0.137. The third-order valence-electron chi connectivity index (χ3n) is 5.37. The van der Waals surface area contributed by atoms with Gasteiger partial charge in [-0.15, -0.1) is 0 Å². The number of nitrogens with zero attached hydrogens (tertiary/aromatic N) is 2. The van der Waals surface area contributed by atoms with E-state index in [0.717, 1.165) is 27.8 Å². The molecule has 32 heavy (non-hydrogen) atoms. The monoisotopic (exact) mass is 440 g/mol. The SMILES string of the molecule is Cc1cc([C@H]2OC(=O)N(C(=O)/C=C/c3cncc4ccccc34)[C@H]2C)cc(C(F)(F)F)c1. The van der Waals surface area contributed by atoms with E-state index in [-0.39, 0.29) is 5.56 Å². The van der Waals surface area contributed by atoms with Crippen LogP contribution in [0.15, 0.2) is 60.9 Å². The number of ether oxygens (including phenoxy) is 1. The molecule has 5 nitrogen and oxygen atoms in total. The molecule has 0 radical (unpaired) electrons. The summed E-state index contributed by atoms with van der Waals surface area (Å²) in [6, 6.07) is 10.2. The number of aromatic nitrogens is 1. The zero-order chi connectivity index (χ0) is 23.0. The highest BCUT2D eigenvalue weighted by Crippen LogP contribution is 2.37. The molecule has 1 aliphatic rings. The number of hydrogen-bond donors (Lipinski definition) is 0. The highest BCUT2D eigenvalue weighted by Gasteiger charge is 2.43. The minimum Gasteiger partial charge on any atom is -0.439 e. The first-order valence-electron chi connectivity index (χ1n) is 9.88. The maximum Gasteiger partial charge on any atom is 0.417 e. The van der Waals surface area contributed by atoms with Gasteiger partial charge in [0.1, 0.15) is 6.10 Å². The van der Waals surface area contributed by atoms with Crippen molar-refractivity contribution in [2.75, 3.05) is 0 Å². The average molecular weight is 440 g/mol. The molecule has 0 unspecified atom stereocenters. The molecule has 1 saturated heterocycles. The van der Waals surface area contributed by atoms with E-state index in [1.54, 1.807) is 25.4 Å². The smallest absolute Gasteiger partial charge is 0.417 e. The Morgan fingerprint density at radius 3 is 2.66 bits per heavy atom. The molecule has 2 aromatic carbocycles. The maximum absolute atomic E-state index is 13.2. The van der Waals surface area contributed by atoms with Crippen LogP contribution in [0.25, 0.3) is 16.8 Å². The van der Waals surface area contributed by atoms with Crippen LogP contribution in [-0.2, 0) is 15.7 Å². The quantitative estimate of drug-likeness (QED) is 0.492. The Kier molecular flexibility index (Phi) is 5.46. The summed E-state index contributed by atoms with van der Waals surface area (Å²) in [5, 5.41) is 1.79. The number of aryl methyl sites for hydroxylation is 1. The Balaban J connectivity index is 1.59. The van der Waals surface area contributed by atoms with Crippen LogP contribution in [0.4, 0.5) is 18.0 Å².